The fourth-order valence-electron chi connectivity index (χ4n) is 2.18. The maximum absolute atomic E-state index is 12.1. The van der Waals surface area contributed by atoms with Crippen LogP contribution in [0.15, 0.2) is 0 Å². The number of likely N-dealkylation sites (N-methyl/N-ethyl adjacent to an activating group) is 1. The van der Waals surface area contributed by atoms with Crippen molar-refractivity contribution in [3.8, 4) is 0 Å². The number of amides is 1. The molecule has 0 saturated carbocycles. The van der Waals surface area contributed by atoms with Crippen molar-refractivity contribution in [1.29, 1.82) is 0 Å². The van der Waals surface area contributed by atoms with Gasteiger partial charge in [0.1, 0.15) is 0 Å². The quantitative estimate of drug-likeness (QED) is 0.740. The molecular weight excluding hydrogens is 176 g/mol. The Hall–Kier alpha value is -0.570. The predicted octanol–water partition coefficient (Wildman–Crippen LogP) is 1.24. The Morgan fingerprint density at radius 1 is 1.50 bits per heavy atom. The first kappa shape index (κ1) is 11.5. The van der Waals surface area contributed by atoms with E-state index in [1.807, 2.05) is 11.9 Å². The Balaban J connectivity index is 2.62. The van der Waals surface area contributed by atoms with Crippen molar-refractivity contribution in [1.82, 2.24) is 10.2 Å². The van der Waals surface area contributed by atoms with Crippen LogP contribution in [-0.4, -0.2) is 36.5 Å². The maximum atomic E-state index is 12.1. The minimum Gasteiger partial charge on any atom is -0.339 e. The van der Waals surface area contributed by atoms with E-state index in [-0.39, 0.29) is 11.9 Å². The van der Waals surface area contributed by atoms with Gasteiger partial charge < -0.3 is 10.2 Å². The summed E-state index contributed by atoms with van der Waals surface area (Å²) < 4.78 is 0. The normalized spacial score (nSPS) is 24.4. The molecule has 3 nitrogen and oxygen atoms in total. The highest BCUT2D eigenvalue weighted by Crippen LogP contribution is 2.19. The zero-order chi connectivity index (χ0) is 10.7. The molecule has 1 aliphatic rings. The molecule has 0 aliphatic carbocycles. The molecule has 0 aromatic rings. The van der Waals surface area contributed by atoms with Gasteiger partial charge in [0.25, 0.3) is 0 Å². The van der Waals surface area contributed by atoms with Crippen LogP contribution in [0.4, 0.5) is 0 Å². The first-order chi connectivity index (χ1) is 6.57. The van der Waals surface area contributed by atoms with Crippen LogP contribution in [0.3, 0.4) is 0 Å². The third kappa shape index (κ3) is 2.27. The second kappa shape index (κ2) is 4.78. The van der Waals surface area contributed by atoms with Crippen LogP contribution in [0, 0.1) is 5.92 Å². The highest BCUT2D eigenvalue weighted by Gasteiger charge is 2.31. The van der Waals surface area contributed by atoms with Gasteiger partial charge in [-0.1, -0.05) is 13.8 Å². The number of likely N-dealkylation sites (tertiary alicyclic amines) is 1. The third-order valence-electron chi connectivity index (χ3n) is 3.08. The largest absolute Gasteiger partial charge is 0.339 e. The molecule has 2 atom stereocenters. The topological polar surface area (TPSA) is 32.3 Å². The lowest BCUT2D eigenvalue weighted by Crippen LogP contribution is -2.49. The summed E-state index contributed by atoms with van der Waals surface area (Å²) in [5, 5.41) is 3.11. The Labute approximate surface area is 86.9 Å². The molecule has 0 aromatic heterocycles. The lowest BCUT2D eigenvalue weighted by molar-refractivity contribution is -0.134. The lowest BCUT2D eigenvalue weighted by Gasteiger charge is -2.28. The zero-order valence-corrected chi connectivity index (χ0v) is 9.71. The van der Waals surface area contributed by atoms with Crippen LogP contribution in [0.2, 0.25) is 0 Å². The molecule has 1 saturated heterocycles. The van der Waals surface area contributed by atoms with Gasteiger partial charge in [0.2, 0.25) is 5.91 Å². The molecule has 3 heteroatoms. The van der Waals surface area contributed by atoms with Gasteiger partial charge in [0, 0.05) is 12.6 Å². The standard InChI is InChI=1S/C11H22N2O/c1-8(2)10(12-4)11(14)13-7-5-6-9(13)3/h8-10,12H,5-7H2,1-4H3. The summed E-state index contributed by atoms with van der Waals surface area (Å²) in [5.74, 6) is 0.632. The van der Waals surface area contributed by atoms with Crippen LogP contribution < -0.4 is 5.32 Å². The van der Waals surface area contributed by atoms with Gasteiger partial charge in [0.05, 0.1) is 6.04 Å². The van der Waals surface area contributed by atoms with Crippen molar-refractivity contribution in [3.05, 3.63) is 0 Å². The third-order valence-corrected chi connectivity index (χ3v) is 3.08. The molecule has 1 rings (SSSR count). The van der Waals surface area contributed by atoms with Gasteiger partial charge in [-0.2, -0.15) is 0 Å². The van der Waals surface area contributed by atoms with E-state index in [2.05, 4.69) is 26.1 Å². The monoisotopic (exact) mass is 198 g/mol. The molecule has 0 radical (unpaired) electrons. The van der Waals surface area contributed by atoms with Crippen LogP contribution in [0.25, 0.3) is 0 Å². The SMILES string of the molecule is CNC(C(=O)N1CCCC1C)C(C)C. The summed E-state index contributed by atoms with van der Waals surface area (Å²) in [7, 11) is 1.86. The Bertz CT molecular complexity index is 199. The summed E-state index contributed by atoms with van der Waals surface area (Å²) in [6, 6.07) is 0.410. The van der Waals surface area contributed by atoms with E-state index >= 15 is 0 Å². The van der Waals surface area contributed by atoms with Gasteiger partial charge in [-0.05, 0) is 32.7 Å². The molecule has 82 valence electrons. The average molecular weight is 198 g/mol. The van der Waals surface area contributed by atoms with Crippen molar-refractivity contribution in [2.75, 3.05) is 13.6 Å². The molecule has 1 heterocycles. The summed E-state index contributed by atoms with van der Waals surface area (Å²) in [4.78, 5) is 14.1. The van der Waals surface area contributed by atoms with Crippen LogP contribution >= 0.6 is 0 Å². The molecule has 1 fully saturated rings. The number of carbonyl (C=O) groups is 1. The molecule has 1 amide bonds. The van der Waals surface area contributed by atoms with Crippen LogP contribution in [-0.2, 0) is 4.79 Å². The van der Waals surface area contributed by atoms with Gasteiger partial charge in [-0.25, -0.2) is 0 Å². The Morgan fingerprint density at radius 2 is 2.14 bits per heavy atom. The molecular formula is C11H22N2O. The highest BCUT2D eigenvalue weighted by molar-refractivity contribution is 5.82. The van der Waals surface area contributed by atoms with Crippen molar-refractivity contribution in [2.45, 2.75) is 45.7 Å². The summed E-state index contributed by atoms with van der Waals surface area (Å²) >= 11 is 0. The van der Waals surface area contributed by atoms with Gasteiger partial charge in [-0.3, -0.25) is 4.79 Å². The number of nitrogens with zero attached hydrogens (tertiary/aromatic N) is 1. The molecule has 1 N–H and O–H groups in total. The Kier molecular flexibility index (Phi) is 3.93. The molecule has 2 unspecified atom stereocenters. The Morgan fingerprint density at radius 3 is 2.50 bits per heavy atom. The van der Waals surface area contributed by atoms with Crippen molar-refractivity contribution in [3.63, 3.8) is 0 Å². The summed E-state index contributed by atoms with van der Waals surface area (Å²) in [6.45, 7) is 7.24. The highest BCUT2D eigenvalue weighted by atomic mass is 16.2. The number of carbonyl (C=O) groups excluding carboxylic acids is 1. The summed E-state index contributed by atoms with van der Waals surface area (Å²) in [5.41, 5.74) is 0. The lowest BCUT2D eigenvalue weighted by atomic mass is 10.0. The average Bonchev–Trinajstić information content (AvgIpc) is 2.51. The molecule has 0 aromatic carbocycles. The van der Waals surface area contributed by atoms with Gasteiger partial charge >= 0.3 is 0 Å². The number of hydrogen-bond acceptors (Lipinski definition) is 2. The smallest absolute Gasteiger partial charge is 0.240 e. The second-order valence-corrected chi connectivity index (χ2v) is 4.53. The minimum atomic E-state index is -0.0180. The predicted molar refractivity (Wildman–Crippen MR) is 58.1 cm³/mol. The zero-order valence-electron chi connectivity index (χ0n) is 9.71. The number of hydrogen-bond donors (Lipinski definition) is 1. The van der Waals surface area contributed by atoms with E-state index in [0.29, 0.717) is 12.0 Å². The van der Waals surface area contributed by atoms with E-state index in [9.17, 15) is 4.79 Å². The van der Waals surface area contributed by atoms with Crippen molar-refractivity contribution in [2.24, 2.45) is 5.92 Å². The van der Waals surface area contributed by atoms with E-state index in [1.54, 1.807) is 0 Å². The molecule has 1 aliphatic heterocycles. The van der Waals surface area contributed by atoms with Crippen LogP contribution in [0.1, 0.15) is 33.6 Å². The maximum Gasteiger partial charge on any atom is 0.240 e. The molecule has 0 bridgehead atoms. The fraction of sp³-hybridized carbons (Fsp3) is 0.909. The first-order valence-corrected chi connectivity index (χ1v) is 5.55. The van der Waals surface area contributed by atoms with E-state index < -0.39 is 0 Å². The number of nitrogens with one attached hydrogen (secondary N) is 1. The van der Waals surface area contributed by atoms with E-state index in [0.717, 1.165) is 19.4 Å². The molecule has 0 spiro atoms. The van der Waals surface area contributed by atoms with Gasteiger partial charge in [0.15, 0.2) is 0 Å². The van der Waals surface area contributed by atoms with Crippen LogP contribution in [0.5, 0.6) is 0 Å². The molecule has 14 heavy (non-hydrogen) atoms. The van der Waals surface area contributed by atoms with E-state index in [4.69, 9.17) is 0 Å². The fourth-order valence-corrected chi connectivity index (χ4v) is 2.18. The second-order valence-electron chi connectivity index (χ2n) is 4.53. The van der Waals surface area contributed by atoms with Gasteiger partial charge in [-0.15, -0.1) is 0 Å². The number of rotatable bonds is 3. The van der Waals surface area contributed by atoms with Crippen molar-refractivity contribution < 1.29 is 4.79 Å². The summed E-state index contributed by atoms with van der Waals surface area (Å²) in [6.07, 6.45) is 2.31. The van der Waals surface area contributed by atoms with Crippen molar-refractivity contribution >= 4 is 5.91 Å². The minimum absolute atomic E-state index is 0.0180. The first-order valence-electron chi connectivity index (χ1n) is 5.55. The van der Waals surface area contributed by atoms with E-state index in [1.165, 1.54) is 0 Å².